The summed E-state index contributed by atoms with van der Waals surface area (Å²) < 4.78 is 0. The number of rotatable bonds is 4. The first kappa shape index (κ1) is 14.0. The molecular weight excluding hydrogens is 286 g/mol. The molecule has 3 rings (SSSR count). The van der Waals surface area contributed by atoms with Crippen LogP contribution in [0.5, 0.6) is 0 Å². The molecule has 1 heterocycles. The molecule has 0 aromatic heterocycles. The third-order valence-corrected chi connectivity index (χ3v) is 5.45. The van der Waals surface area contributed by atoms with E-state index in [0.717, 1.165) is 29.2 Å². The fraction of sp³-hybridized carbons (Fsp3) is 0.294. The quantitative estimate of drug-likeness (QED) is 0.900. The van der Waals surface area contributed by atoms with Crippen LogP contribution in [0.1, 0.15) is 23.5 Å². The van der Waals surface area contributed by atoms with E-state index in [1.165, 1.54) is 10.5 Å². The van der Waals surface area contributed by atoms with Gasteiger partial charge in [0.15, 0.2) is 0 Å². The first-order valence-corrected chi connectivity index (χ1v) is 8.31. The molecule has 20 heavy (non-hydrogen) atoms. The van der Waals surface area contributed by atoms with Crippen molar-refractivity contribution in [2.24, 2.45) is 5.73 Å². The standard InChI is InChI=1S/C17H18ClNS/c18-16-7-3-1-5-12(16)9-14(19)10-13-11-20-17-8-4-2-6-15(13)17/h1-8,13-14H,9-11,19H2. The fourth-order valence-corrected chi connectivity index (χ4v) is 4.31. The van der Waals surface area contributed by atoms with Gasteiger partial charge < -0.3 is 5.73 Å². The molecule has 1 nitrogen and oxygen atoms in total. The Bertz CT molecular complexity index is 599. The van der Waals surface area contributed by atoms with Crippen LogP contribution < -0.4 is 5.73 Å². The predicted octanol–water partition coefficient (Wildman–Crippen LogP) is 4.49. The summed E-state index contributed by atoms with van der Waals surface area (Å²) in [4.78, 5) is 1.42. The Morgan fingerprint density at radius 1 is 1.15 bits per heavy atom. The van der Waals surface area contributed by atoms with Crippen LogP contribution in [0.25, 0.3) is 0 Å². The Morgan fingerprint density at radius 2 is 1.90 bits per heavy atom. The van der Waals surface area contributed by atoms with Gasteiger partial charge in [0.25, 0.3) is 0 Å². The smallest absolute Gasteiger partial charge is 0.0438 e. The minimum Gasteiger partial charge on any atom is -0.327 e. The lowest BCUT2D eigenvalue weighted by Gasteiger charge is -2.17. The maximum Gasteiger partial charge on any atom is 0.0438 e. The van der Waals surface area contributed by atoms with E-state index < -0.39 is 0 Å². The van der Waals surface area contributed by atoms with E-state index >= 15 is 0 Å². The lowest BCUT2D eigenvalue weighted by Crippen LogP contribution is -2.25. The van der Waals surface area contributed by atoms with Crippen molar-refractivity contribution >= 4 is 23.4 Å². The average Bonchev–Trinajstić information content (AvgIpc) is 2.85. The lowest BCUT2D eigenvalue weighted by molar-refractivity contribution is 0.554. The van der Waals surface area contributed by atoms with E-state index in [1.807, 2.05) is 30.0 Å². The normalized spacial score (nSPS) is 18.8. The molecule has 2 aromatic carbocycles. The number of thioether (sulfide) groups is 1. The molecule has 0 aliphatic carbocycles. The highest BCUT2D eigenvalue weighted by Gasteiger charge is 2.24. The van der Waals surface area contributed by atoms with E-state index in [1.54, 1.807) is 0 Å². The number of nitrogens with two attached hydrogens (primary N) is 1. The minimum absolute atomic E-state index is 0.159. The molecule has 0 saturated heterocycles. The predicted molar refractivity (Wildman–Crippen MR) is 87.7 cm³/mol. The van der Waals surface area contributed by atoms with Crippen molar-refractivity contribution in [1.29, 1.82) is 0 Å². The first-order chi connectivity index (χ1) is 9.74. The van der Waals surface area contributed by atoms with Gasteiger partial charge in [-0.15, -0.1) is 11.8 Å². The van der Waals surface area contributed by atoms with Gasteiger partial charge in [0.05, 0.1) is 0 Å². The van der Waals surface area contributed by atoms with Crippen LogP contribution in [0.15, 0.2) is 53.4 Å². The van der Waals surface area contributed by atoms with E-state index in [-0.39, 0.29) is 6.04 Å². The summed E-state index contributed by atoms with van der Waals surface area (Å²) >= 11 is 8.15. The Balaban J connectivity index is 1.66. The van der Waals surface area contributed by atoms with Gasteiger partial charge in [-0.05, 0) is 42.0 Å². The van der Waals surface area contributed by atoms with Crippen LogP contribution in [0.2, 0.25) is 5.02 Å². The topological polar surface area (TPSA) is 26.0 Å². The van der Waals surface area contributed by atoms with E-state index in [4.69, 9.17) is 17.3 Å². The Kier molecular flexibility index (Phi) is 4.35. The summed E-state index contributed by atoms with van der Waals surface area (Å²) in [5, 5.41) is 0.823. The number of benzene rings is 2. The van der Waals surface area contributed by atoms with E-state index in [0.29, 0.717) is 5.92 Å². The van der Waals surface area contributed by atoms with Gasteiger partial charge in [0, 0.05) is 21.7 Å². The molecule has 0 saturated carbocycles. The van der Waals surface area contributed by atoms with Crippen molar-refractivity contribution in [2.45, 2.75) is 29.7 Å². The summed E-state index contributed by atoms with van der Waals surface area (Å²) in [6.07, 6.45) is 1.87. The number of halogens is 1. The zero-order chi connectivity index (χ0) is 13.9. The van der Waals surface area contributed by atoms with Gasteiger partial charge in [0.1, 0.15) is 0 Å². The third-order valence-electron chi connectivity index (χ3n) is 3.83. The molecule has 2 unspecified atom stereocenters. The summed E-state index contributed by atoms with van der Waals surface area (Å²) in [5.74, 6) is 1.73. The van der Waals surface area contributed by atoms with Crippen molar-refractivity contribution in [3.05, 3.63) is 64.7 Å². The number of fused-ring (bicyclic) bond motifs is 1. The SMILES string of the molecule is NC(Cc1ccccc1Cl)CC1CSc2ccccc21. The fourth-order valence-electron chi connectivity index (χ4n) is 2.82. The first-order valence-electron chi connectivity index (χ1n) is 6.95. The molecule has 104 valence electrons. The van der Waals surface area contributed by atoms with Crippen LogP contribution in [-0.2, 0) is 6.42 Å². The zero-order valence-corrected chi connectivity index (χ0v) is 12.8. The molecule has 0 radical (unpaired) electrons. The average molecular weight is 304 g/mol. The molecule has 0 fully saturated rings. The summed E-state index contributed by atoms with van der Waals surface area (Å²) in [7, 11) is 0. The highest BCUT2D eigenvalue weighted by Crippen LogP contribution is 2.41. The van der Waals surface area contributed by atoms with Crippen molar-refractivity contribution in [3.8, 4) is 0 Å². The van der Waals surface area contributed by atoms with E-state index in [2.05, 4.69) is 30.3 Å². The summed E-state index contributed by atoms with van der Waals surface area (Å²) in [5.41, 5.74) is 8.96. The van der Waals surface area contributed by atoms with Crippen molar-refractivity contribution in [3.63, 3.8) is 0 Å². The van der Waals surface area contributed by atoms with Crippen LogP contribution in [-0.4, -0.2) is 11.8 Å². The highest BCUT2D eigenvalue weighted by atomic mass is 35.5. The van der Waals surface area contributed by atoms with Gasteiger partial charge in [-0.2, -0.15) is 0 Å². The van der Waals surface area contributed by atoms with E-state index in [9.17, 15) is 0 Å². The summed E-state index contributed by atoms with van der Waals surface area (Å²) in [6, 6.07) is 16.8. The molecular formula is C17H18ClNS. The van der Waals surface area contributed by atoms with Crippen LogP contribution >= 0.6 is 23.4 Å². The number of hydrogen-bond acceptors (Lipinski definition) is 2. The molecule has 0 bridgehead atoms. The second-order valence-electron chi connectivity index (χ2n) is 5.34. The van der Waals surface area contributed by atoms with Gasteiger partial charge in [-0.25, -0.2) is 0 Å². The Hall–Kier alpha value is -0.960. The molecule has 2 N–H and O–H groups in total. The molecule has 2 atom stereocenters. The molecule has 0 amide bonds. The highest BCUT2D eigenvalue weighted by molar-refractivity contribution is 7.99. The second-order valence-corrected chi connectivity index (χ2v) is 6.81. The molecule has 3 heteroatoms. The van der Waals surface area contributed by atoms with Crippen molar-refractivity contribution < 1.29 is 0 Å². The maximum absolute atomic E-state index is 6.34. The minimum atomic E-state index is 0.159. The van der Waals surface area contributed by atoms with Crippen molar-refractivity contribution in [1.82, 2.24) is 0 Å². The van der Waals surface area contributed by atoms with Gasteiger partial charge >= 0.3 is 0 Å². The third kappa shape index (κ3) is 3.03. The lowest BCUT2D eigenvalue weighted by atomic mass is 9.91. The number of hydrogen-bond donors (Lipinski definition) is 1. The van der Waals surface area contributed by atoms with Crippen LogP contribution in [0, 0.1) is 0 Å². The molecule has 0 spiro atoms. The van der Waals surface area contributed by atoms with Crippen LogP contribution in [0.4, 0.5) is 0 Å². The molecule has 2 aromatic rings. The monoisotopic (exact) mass is 303 g/mol. The largest absolute Gasteiger partial charge is 0.327 e. The van der Waals surface area contributed by atoms with Gasteiger partial charge in [-0.3, -0.25) is 0 Å². The molecule has 1 aliphatic heterocycles. The van der Waals surface area contributed by atoms with Crippen LogP contribution in [0.3, 0.4) is 0 Å². The Morgan fingerprint density at radius 3 is 2.75 bits per heavy atom. The molecule has 1 aliphatic rings. The Labute approximate surface area is 129 Å². The second kappa shape index (κ2) is 6.21. The maximum atomic E-state index is 6.34. The van der Waals surface area contributed by atoms with Gasteiger partial charge in [0.2, 0.25) is 0 Å². The van der Waals surface area contributed by atoms with Crippen molar-refractivity contribution in [2.75, 3.05) is 5.75 Å². The zero-order valence-electron chi connectivity index (χ0n) is 11.3. The van der Waals surface area contributed by atoms with Gasteiger partial charge in [-0.1, -0.05) is 48.0 Å². The summed E-state index contributed by atoms with van der Waals surface area (Å²) in [6.45, 7) is 0.